The van der Waals surface area contributed by atoms with Gasteiger partial charge < -0.3 is 9.88 Å². The van der Waals surface area contributed by atoms with Crippen LogP contribution >= 0.6 is 0 Å². The molecule has 1 aliphatic carbocycles. The van der Waals surface area contributed by atoms with Crippen LogP contribution in [0.2, 0.25) is 0 Å². The zero-order valence-electron chi connectivity index (χ0n) is 14.3. The molecule has 1 fully saturated rings. The Hall–Kier alpha value is -2.62. The van der Waals surface area contributed by atoms with Crippen LogP contribution in [-0.4, -0.2) is 22.0 Å². The van der Waals surface area contributed by atoms with Gasteiger partial charge in [0.25, 0.3) is 0 Å². The Morgan fingerprint density at radius 2 is 1.80 bits per heavy atom. The lowest BCUT2D eigenvalue weighted by Gasteiger charge is -2.10. The fourth-order valence-electron chi connectivity index (χ4n) is 3.24. The van der Waals surface area contributed by atoms with Crippen molar-refractivity contribution in [1.29, 1.82) is 0 Å². The van der Waals surface area contributed by atoms with Gasteiger partial charge in [-0.25, -0.2) is 4.98 Å². The van der Waals surface area contributed by atoms with Crippen molar-refractivity contribution in [2.24, 2.45) is 5.92 Å². The fourth-order valence-corrected chi connectivity index (χ4v) is 3.24. The average Bonchev–Trinajstić information content (AvgIpc) is 3.44. The van der Waals surface area contributed by atoms with Crippen molar-refractivity contribution in [1.82, 2.24) is 14.9 Å². The lowest BCUT2D eigenvalue weighted by molar-refractivity contribution is -0.122. The van der Waals surface area contributed by atoms with E-state index < -0.39 is 0 Å². The predicted molar refractivity (Wildman–Crippen MR) is 99.3 cm³/mol. The van der Waals surface area contributed by atoms with Gasteiger partial charge >= 0.3 is 0 Å². The number of aromatic nitrogens is 2. The van der Waals surface area contributed by atoms with E-state index in [0.717, 1.165) is 43.6 Å². The SMILES string of the molecule is O=C(NCCc1nc2ccccc2n1CCc1ccccc1)C1CC1. The second kappa shape index (κ2) is 7.09. The van der Waals surface area contributed by atoms with E-state index in [2.05, 4.69) is 52.3 Å². The first-order valence-electron chi connectivity index (χ1n) is 9.07. The van der Waals surface area contributed by atoms with Gasteiger partial charge in [0.05, 0.1) is 11.0 Å². The minimum absolute atomic E-state index is 0.201. The fraction of sp³-hybridized carbons (Fsp3) is 0.333. The third-order valence-electron chi connectivity index (χ3n) is 4.80. The largest absolute Gasteiger partial charge is 0.355 e. The summed E-state index contributed by atoms with van der Waals surface area (Å²) >= 11 is 0. The summed E-state index contributed by atoms with van der Waals surface area (Å²) < 4.78 is 2.30. The van der Waals surface area contributed by atoms with Gasteiger partial charge in [-0.05, 0) is 37.0 Å². The number of nitrogens with one attached hydrogen (secondary N) is 1. The molecule has 0 saturated heterocycles. The minimum atomic E-state index is 0.201. The number of nitrogens with zero attached hydrogens (tertiary/aromatic N) is 2. The molecule has 0 radical (unpaired) electrons. The highest BCUT2D eigenvalue weighted by Gasteiger charge is 2.29. The summed E-state index contributed by atoms with van der Waals surface area (Å²) in [5.74, 6) is 1.51. The zero-order valence-corrected chi connectivity index (χ0v) is 14.3. The van der Waals surface area contributed by atoms with Crippen LogP contribution in [0.3, 0.4) is 0 Å². The van der Waals surface area contributed by atoms with E-state index in [1.165, 1.54) is 11.1 Å². The maximum absolute atomic E-state index is 11.8. The lowest BCUT2D eigenvalue weighted by atomic mass is 10.1. The first-order chi connectivity index (χ1) is 12.3. The average molecular weight is 333 g/mol. The van der Waals surface area contributed by atoms with Crippen molar-refractivity contribution in [2.75, 3.05) is 6.54 Å². The molecule has 1 aromatic heterocycles. The second-order valence-electron chi connectivity index (χ2n) is 6.72. The van der Waals surface area contributed by atoms with E-state index in [4.69, 9.17) is 4.98 Å². The molecule has 0 bridgehead atoms. The Kier molecular flexibility index (Phi) is 4.51. The molecule has 1 heterocycles. The smallest absolute Gasteiger partial charge is 0.223 e. The van der Waals surface area contributed by atoms with Crippen LogP contribution in [0.4, 0.5) is 0 Å². The quantitative estimate of drug-likeness (QED) is 0.721. The topological polar surface area (TPSA) is 46.9 Å². The first-order valence-corrected chi connectivity index (χ1v) is 9.07. The minimum Gasteiger partial charge on any atom is -0.355 e. The van der Waals surface area contributed by atoms with Crippen LogP contribution in [0.25, 0.3) is 11.0 Å². The zero-order chi connectivity index (χ0) is 17.1. The van der Waals surface area contributed by atoms with E-state index in [1.807, 2.05) is 12.1 Å². The summed E-state index contributed by atoms with van der Waals surface area (Å²) in [6.45, 7) is 1.56. The Morgan fingerprint density at radius 3 is 2.60 bits per heavy atom. The van der Waals surface area contributed by atoms with Crippen molar-refractivity contribution in [2.45, 2.75) is 32.2 Å². The van der Waals surface area contributed by atoms with Gasteiger partial charge in [-0.1, -0.05) is 42.5 Å². The monoisotopic (exact) mass is 333 g/mol. The van der Waals surface area contributed by atoms with E-state index in [-0.39, 0.29) is 11.8 Å². The molecular weight excluding hydrogens is 310 g/mol. The number of carbonyl (C=O) groups excluding carboxylic acids is 1. The summed E-state index contributed by atoms with van der Waals surface area (Å²) in [6.07, 6.45) is 3.83. The molecule has 1 aliphatic rings. The number of imidazole rings is 1. The van der Waals surface area contributed by atoms with Crippen LogP contribution in [0.15, 0.2) is 54.6 Å². The van der Waals surface area contributed by atoms with Crippen LogP contribution in [0.5, 0.6) is 0 Å². The molecule has 2 aromatic carbocycles. The molecule has 4 rings (SSSR count). The molecule has 4 nitrogen and oxygen atoms in total. The van der Waals surface area contributed by atoms with Gasteiger partial charge in [0.15, 0.2) is 0 Å². The van der Waals surface area contributed by atoms with Crippen molar-refractivity contribution in [3.63, 3.8) is 0 Å². The molecule has 0 unspecified atom stereocenters. The molecule has 1 N–H and O–H groups in total. The van der Waals surface area contributed by atoms with Crippen molar-refractivity contribution in [3.05, 3.63) is 66.0 Å². The molecule has 4 heteroatoms. The maximum Gasteiger partial charge on any atom is 0.223 e. The van der Waals surface area contributed by atoms with Crippen LogP contribution in [0.1, 0.15) is 24.2 Å². The van der Waals surface area contributed by atoms with Gasteiger partial charge in [0, 0.05) is 25.4 Å². The molecule has 0 aliphatic heterocycles. The predicted octanol–water partition coefficient (Wildman–Crippen LogP) is 3.35. The number of amides is 1. The van der Waals surface area contributed by atoms with E-state index >= 15 is 0 Å². The Labute approximate surface area is 147 Å². The highest BCUT2D eigenvalue weighted by molar-refractivity contribution is 5.80. The van der Waals surface area contributed by atoms with E-state index in [9.17, 15) is 4.79 Å². The van der Waals surface area contributed by atoms with Crippen LogP contribution < -0.4 is 5.32 Å². The van der Waals surface area contributed by atoms with E-state index in [1.54, 1.807) is 0 Å². The number of rotatable bonds is 7. The van der Waals surface area contributed by atoms with Crippen molar-refractivity contribution < 1.29 is 4.79 Å². The molecule has 3 aromatic rings. The molecule has 1 amide bonds. The Bertz CT molecular complexity index is 865. The molecule has 0 atom stereocenters. The van der Waals surface area contributed by atoms with Crippen LogP contribution in [-0.2, 0) is 24.2 Å². The van der Waals surface area contributed by atoms with Crippen molar-refractivity contribution >= 4 is 16.9 Å². The summed E-state index contributed by atoms with van der Waals surface area (Å²) in [5, 5.41) is 3.05. The van der Waals surface area contributed by atoms with E-state index in [0.29, 0.717) is 6.54 Å². The normalized spacial score (nSPS) is 13.9. The van der Waals surface area contributed by atoms with Gasteiger partial charge in [-0.15, -0.1) is 0 Å². The molecular formula is C21H23N3O. The number of benzene rings is 2. The summed E-state index contributed by atoms with van der Waals surface area (Å²) in [6, 6.07) is 18.8. The first kappa shape index (κ1) is 15.9. The van der Waals surface area contributed by atoms with Crippen molar-refractivity contribution in [3.8, 4) is 0 Å². The maximum atomic E-state index is 11.8. The van der Waals surface area contributed by atoms with Gasteiger partial charge in [0.2, 0.25) is 5.91 Å². The number of carbonyl (C=O) groups is 1. The Balaban J connectivity index is 1.49. The van der Waals surface area contributed by atoms with Gasteiger partial charge in [-0.3, -0.25) is 4.79 Å². The van der Waals surface area contributed by atoms with Gasteiger partial charge in [-0.2, -0.15) is 0 Å². The van der Waals surface area contributed by atoms with Crippen LogP contribution in [0, 0.1) is 5.92 Å². The number of fused-ring (bicyclic) bond motifs is 1. The number of hydrogen-bond donors (Lipinski definition) is 1. The standard InChI is InChI=1S/C21H23N3O/c25-21(17-10-11-17)22-14-12-20-23-18-8-4-5-9-19(18)24(20)15-13-16-6-2-1-3-7-16/h1-9,17H,10-15H2,(H,22,25). The Morgan fingerprint density at radius 1 is 1.04 bits per heavy atom. The third-order valence-corrected chi connectivity index (χ3v) is 4.80. The summed E-state index contributed by atoms with van der Waals surface area (Å²) in [7, 11) is 0. The highest BCUT2D eigenvalue weighted by Crippen LogP contribution is 2.28. The van der Waals surface area contributed by atoms with Gasteiger partial charge in [0.1, 0.15) is 5.82 Å². The second-order valence-corrected chi connectivity index (χ2v) is 6.72. The summed E-state index contributed by atoms with van der Waals surface area (Å²) in [5.41, 5.74) is 3.52. The number of para-hydroxylation sites is 2. The number of hydrogen-bond acceptors (Lipinski definition) is 2. The molecule has 128 valence electrons. The highest BCUT2D eigenvalue weighted by atomic mass is 16.2. The molecule has 1 saturated carbocycles. The number of aryl methyl sites for hydroxylation is 2. The molecule has 0 spiro atoms. The third kappa shape index (κ3) is 3.73. The molecule has 25 heavy (non-hydrogen) atoms. The summed E-state index contributed by atoms with van der Waals surface area (Å²) in [4.78, 5) is 16.6. The lowest BCUT2D eigenvalue weighted by Crippen LogP contribution is -2.27.